The second-order valence-corrected chi connectivity index (χ2v) is 7.03. The van der Waals surface area contributed by atoms with Crippen LogP contribution in [0.1, 0.15) is 17.5 Å². The van der Waals surface area contributed by atoms with Gasteiger partial charge in [0.05, 0.1) is 21.2 Å². The Hall–Kier alpha value is -2.45. The van der Waals surface area contributed by atoms with E-state index in [9.17, 15) is 9.59 Å². The summed E-state index contributed by atoms with van der Waals surface area (Å²) >= 11 is 2.61. The van der Waals surface area contributed by atoms with E-state index in [0.29, 0.717) is 15.2 Å². The maximum Gasteiger partial charge on any atom is 0.264 e. The number of nitrogens with one attached hydrogen (secondary N) is 2. The third-order valence-electron chi connectivity index (χ3n) is 3.02. The molecule has 0 radical (unpaired) electrons. The minimum atomic E-state index is -0.191. The van der Waals surface area contributed by atoms with Crippen molar-refractivity contribution in [2.24, 2.45) is 4.99 Å². The van der Waals surface area contributed by atoms with Crippen LogP contribution in [0.25, 0.3) is 6.08 Å². The number of aromatic nitrogens is 1. The first-order valence-electron chi connectivity index (χ1n) is 7.11. The number of para-hydroxylation sites is 1. The third kappa shape index (κ3) is 3.90. The number of carbonyl (C=O) groups excluding carboxylic acids is 2. The number of hydrogen-bond acceptors (Lipinski definition) is 6. The van der Waals surface area contributed by atoms with Gasteiger partial charge in [0.2, 0.25) is 5.91 Å². The summed E-state index contributed by atoms with van der Waals surface area (Å²) in [7, 11) is 0. The van der Waals surface area contributed by atoms with Gasteiger partial charge in [0.25, 0.3) is 5.91 Å². The molecule has 2 N–H and O–H groups in total. The summed E-state index contributed by atoms with van der Waals surface area (Å²) in [6, 6.07) is 9.43. The van der Waals surface area contributed by atoms with E-state index in [0.717, 1.165) is 16.3 Å². The lowest BCUT2D eigenvalue weighted by atomic mass is 10.3. The fraction of sp³-hybridized carbons (Fsp3) is 0.125. The van der Waals surface area contributed by atoms with Crippen molar-refractivity contribution in [2.75, 3.05) is 5.32 Å². The van der Waals surface area contributed by atoms with Crippen LogP contribution in [0.5, 0.6) is 0 Å². The first-order chi connectivity index (χ1) is 11.5. The summed E-state index contributed by atoms with van der Waals surface area (Å²) in [5.74, 6) is -0.364. The number of carbonyl (C=O) groups is 2. The molecule has 1 fully saturated rings. The molecule has 1 aliphatic heterocycles. The quantitative estimate of drug-likeness (QED) is 0.825. The van der Waals surface area contributed by atoms with Gasteiger partial charge in [-0.05, 0) is 36.9 Å². The van der Waals surface area contributed by atoms with Gasteiger partial charge in [-0.1, -0.05) is 29.5 Å². The van der Waals surface area contributed by atoms with Gasteiger partial charge in [0.1, 0.15) is 0 Å². The molecule has 0 aliphatic carbocycles. The highest BCUT2D eigenvalue weighted by Gasteiger charge is 2.24. The third-order valence-corrected chi connectivity index (χ3v) is 4.95. The van der Waals surface area contributed by atoms with Crippen LogP contribution in [0.4, 0.5) is 10.8 Å². The van der Waals surface area contributed by atoms with Crippen molar-refractivity contribution in [1.82, 2.24) is 10.3 Å². The number of hydrogen-bond donors (Lipinski definition) is 2. The van der Waals surface area contributed by atoms with Gasteiger partial charge in [0, 0.05) is 6.92 Å². The zero-order valence-electron chi connectivity index (χ0n) is 13.0. The van der Waals surface area contributed by atoms with E-state index in [1.54, 1.807) is 6.08 Å². The lowest BCUT2D eigenvalue weighted by Crippen LogP contribution is -2.19. The number of thioether (sulfide) groups is 1. The zero-order valence-corrected chi connectivity index (χ0v) is 14.6. The van der Waals surface area contributed by atoms with Crippen LogP contribution in [-0.2, 0) is 9.59 Å². The summed E-state index contributed by atoms with van der Waals surface area (Å²) in [5, 5.41) is 6.47. The van der Waals surface area contributed by atoms with E-state index in [2.05, 4.69) is 20.6 Å². The molecule has 1 saturated heterocycles. The zero-order chi connectivity index (χ0) is 17.1. The summed E-state index contributed by atoms with van der Waals surface area (Å²) in [6.07, 6.45) is 1.77. The molecule has 1 aliphatic rings. The maximum atomic E-state index is 12.1. The van der Waals surface area contributed by atoms with E-state index in [1.165, 1.54) is 30.0 Å². The molecule has 2 aromatic rings. The molecule has 8 heteroatoms. The minimum Gasteiger partial charge on any atom is -0.302 e. The molecule has 3 rings (SSSR count). The van der Waals surface area contributed by atoms with E-state index in [4.69, 9.17) is 0 Å². The number of aliphatic imine (C=N–C) groups is 1. The predicted octanol–water partition coefficient (Wildman–Crippen LogP) is 3.30. The fourth-order valence-electron chi connectivity index (χ4n) is 1.97. The van der Waals surface area contributed by atoms with E-state index in [1.807, 2.05) is 37.3 Å². The Kier molecular flexibility index (Phi) is 4.77. The highest BCUT2D eigenvalue weighted by molar-refractivity contribution is 8.18. The average molecular weight is 358 g/mol. The Balaban J connectivity index is 1.81. The Morgan fingerprint density at radius 1 is 1.33 bits per heavy atom. The van der Waals surface area contributed by atoms with Crippen LogP contribution < -0.4 is 10.6 Å². The van der Waals surface area contributed by atoms with Crippen LogP contribution in [0.3, 0.4) is 0 Å². The Labute approximate surface area is 147 Å². The molecule has 1 aromatic carbocycles. The topological polar surface area (TPSA) is 83.4 Å². The van der Waals surface area contributed by atoms with Crippen LogP contribution >= 0.6 is 23.1 Å². The smallest absolute Gasteiger partial charge is 0.264 e. The summed E-state index contributed by atoms with van der Waals surface area (Å²) in [6.45, 7) is 3.27. The van der Waals surface area contributed by atoms with Crippen molar-refractivity contribution in [2.45, 2.75) is 13.8 Å². The highest BCUT2D eigenvalue weighted by Crippen LogP contribution is 2.31. The van der Waals surface area contributed by atoms with Crippen molar-refractivity contribution in [1.29, 1.82) is 0 Å². The summed E-state index contributed by atoms with van der Waals surface area (Å²) in [4.78, 5) is 33.3. The minimum absolute atomic E-state index is 0.173. The lowest BCUT2D eigenvalue weighted by molar-refractivity contribution is -0.115. The molecule has 122 valence electrons. The molecule has 0 bridgehead atoms. The van der Waals surface area contributed by atoms with Gasteiger partial charge in [-0.3, -0.25) is 9.59 Å². The normalized spacial score (nSPS) is 17.3. The Bertz CT molecular complexity index is 856. The molecule has 1 aromatic heterocycles. The van der Waals surface area contributed by atoms with Crippen LogP contribution in [-0.4, -0.2) is 22.0 Å². The molecule has 0 atom stereocenters. The van der Waals surface area contributed by atoms with Crippen molar-refractivity contribution in [3.8, 4) is 0 Å². The second-order valence-electron chi connectivity index (χ2n) is 4.97. The van der Waals surface area contributed by atoms with Crippen molar-refractivity contribution in [3.63, 3.8) is 0 Å². The highest BCUT2D eigenvalue weighted by atomic mass is 32.2. The first kappa shape index (κ1) is 16.4. The number of anilines is 1. The number of amidine groups is 1. The molecule has 0 unspecified atom stereocenters. The van der Waals surface area contributed by atoms with Gasteiger partial charge in [-0.2, -0.15) is 0 Å². The number of benzene rings is 1. The van der Waals surface area contributed by atoms with Crippen LogP contribution in [0, 0.1) is 6.92 Å². The van der Waals surface area contributed by atoms with Gasteiger partial charge < -0.3 is 10.6 Å². The Morgan fingerprint density at radius 2 is 2.08 bits per heavy atom. The predicted molar refractivity (Wildman–Crippen MR) is 98.4 cm³/mol. The molecule has 0 spiro atoms. The molecule has 24 heavy (non-hydrogen) atoms. The molecular weight excluding hydrogens is 344 g/mol. The summed E-state index contributed by atoms with van der Waals surface area (Å²) in [5.41, 5.74) is 1.54. The number of rotatable bonds is 3. The SMILES string of the molecule is CC(=O)Nc1nc(C)c(/C=C2\S/C(=N\c3ccccc3)NC2=O)s1. The van der Waals surface area contributed by atoms with Crippen molar-refractivity contribution >= 4 is 57.0 Å². The second kappa shape index (κ2) is 6.98. The maximum absolute atomic E-state index is 12.1. The lowest BCUT2D eigenvalue weighted by Gasteiger charge is -1.94. The molecule has 2 amide bonds. The molecule has 6 nitrogen and oxygen atoms in total. The van der Waals surface area contributed by atoms with Gasteiger partial charge in [-0.15, -0.1) is 0 Å². The standard InChI is InChI=1S/C16H14N4O2S2/c1-9-12(23-15(17-9)18-10(2)21)8-13-14(22)20-16(24-13)19-11-6-4-3-5-7-11/h3-8H,1-2H3,(H,17,18,21)(H,19,20,22)/b13-8-. The van der Waals surface area contributed by atoms with Crippen LogP contribution in [0.15, 0.2) is 40.2 Å². The van der Waals surface area contributed by atoms with E-state index >= 15 is 0 Å². The van der Waals surface area contributed by atoms with Gasteiger partial charge in [0.15, 0.2) is 10.3 Å². The Morgan fingerprint density at radius 3 is 2.79 bits per heavy atom. The van der Waals surface area contributed by atoms with E-state index in [-0.39, 0.29) is 11.8 Å². The number of aryl methyl sites for hydroxylation is 1. The molecular formula is C16H14N4O2S2. The monoisotopic (exact) mass is 358 g/mol. The number of thiazole rings is 1. The fourth-order valence-corrected chi connectivity index (χ4v) is 3.82. The van der Waals surface area contributed by atoms with Crippen molar-refractivity contribution in [3.05, 3.63) is 45.8 Å². The molecule has 0 saturated carbocycles. The van der Waals surface area contributed by atoms with Crippen LogP contribution in [0.2, 0.25) is 0 Å². The summed E-state index contributed by atoms with van der Waals surface area (Å²) < 4.78 is 0. The van der Waals surface area contributed by atoms with Crippen molar-refractivity contribution < 1.29 is 9.59 Å². The number of nitrogens with zero attached hydrogens (tertiary/aromatic N) is 2. The average Bonchev–Trinajstić information content (AvgIpc) is 3.03. The first-order valence-corrected chi connectivity index (χ1v) is 8.74. The molecule has 2 heterocycles. The van der Waals surface area contributed by atoms with E-state index < -0.39 is 0 Å². The van der Waals surface area contributed by atoms with Gasteiger partial charge in [-0.25, -0.2) is 9.98 Å². The largest absolute Gasteiger partial charge is 0.302 e. The van der Waals surface area contributed by atoms with Gasteiger partial charge >= 0.3 is 0 Å². The number of amides is 2.